The smallest absolute Gasteiger partial charge is 0.431 e. The van der Waals surface area contributed by atoms with Gasteiger partial charge in [0.05, 0.1) is 10.9 Å². The van der Waals surface area contributed by atoms with E-state index in [2.05, 4.69) is 0 Å². The summed E-state index contributed by atoms with van der Waals surface area (Å²) in [7, 11) is 0.784. The van der Waals surface area contributed by atoms with Crippen molar-refractivity contribution in [2.24, 2.45) is 13.0 Å². The molecule has 3 aromatic rings. The lowest BCUT2D eigenvalue weighted by Crippen LogP contribution is -2.41. The Balaban J connectivity index is 2.36. The average Bonchev–Trinajstić information content (AvgIpc) is 3.11. The molecule has 0 aliphatic heterocycles. The van der Waals surface area contributed by atoms with Crippen LogP contribution in [-0.2, 0) is 22.8 Å². The van der Waals surface area contributed by atoms with E-state index in [4.69, 9.17) is 16.0 Å². The number of carbonyl (C=O) groups is 2. The lowest BCUT2D eigenvalue weighted by atomic mass is 9.86. The number of ketones is 2. The highest BCUT2D eigenvalue weighted by Crippen LogP contribution is 2.37. The van der Waals surface area contributed by atoms with Crippen LogP contribution in [0.3, 0.4) is 0 Å². The highest BCUT2D eigenvalue weighted by molar-refractivity contribution is 6.35. The standard InChI is InChI=1S/C21H17ClF4N2O5/c1-8(17(9(2)29)10(3)30)14-5-11-12(22)6-13(23)18(19(11)33-14)28-16(31)7-15(21(24,25)26)27(4)20(28)32/h5-8,17H,1-4H3. The molecule has 3 rings (SSSR count). The fourth-order valence-electron chi connectivity index (χ4n) is 3.82. The number of halogens is 5. The molecule has 176 valence electrons. The van der Waals surface area contributed by atoms with Crippen LogP contribution in [0.1, 0.15) is 38.1 Å². The van der Waals surface area contributed by atoms with E-state index < -0.39 is 63.6 Å². The molecule has 0 N–H and O–H groups in total. The summed E-state index contributed by atoms with van der Waals surface area (Å²) in [4.78, 5) is 49.0. The molecule has 2 heterocycles. The quantitative estimate of drug-likeness (QED) is 0.400. The number of carbonyl (C=O) groups excluding carboxylic acids is 2. The second-order valence-electron chi connectivity index (χ2n) is 7.61. The summed E-state index contributed by atoms with van der Waals surface area (Å²) >= 11 is 6.09. The minimum atomic E-state index is -5.00. The number of Topliss-reactive ketones (excluding diaryl/α,β-unsaturated/α-hetero) is 2. The van der Waals surface area contributed by atoms with Gasteiger partial charge in [0, 0.05) is 24.4 Å². The van der Waals surface area contributed by atoms with Crippen LogP contribution in [-0.4, -0.2) is 20.7 Å². The van der Waals surface area contributed by atoms with Crippen LogP contribution in [0, 0.1) is 11.7 Å². The summed E-state index contributed by atoms with van der Waals surface area (Å²) in [5.74, 6) is -3.95. The molecule has 1 unspecified atom stereocenters. The monoisotopic (exact) mass is 488 g/mol. The number of nitrogens with zero attached hydrogens (tertiary/aromatic N) is 2. The Labute approximate surface area is 188 Å². The lowest BCUT2D eigenvalue weighted by molar-refractivity contribution is -0.144. The van der Waals surface area contributed by atoms with Gasteiger partial charge in [0.2, 0.25) is 0 Å². The zero-order valence-electron chi connectivity index (χ0n) is 17.7. The van der Waals surface area contributed by atoms with E-state index in [9.17, 15) is 36.7 Å². The minimum absolute atomic E-state index is 0.0333. The topological polar surface area (TPSA) is 91.3 Å². The van der Waals surface area contributed by atoms with Crippen molar-refractivity contribution in [2.45, 2.75) is 32.9 Å². The van der Waals surface area contributed by atoms with Gasteiger partial charge >= 0.3 is 11.9 Å². The summed E-state index contributed by atoms with van der Waals surface area (Å²) in [6.45, 7) is 3.95. The molecule has 1 aromatic carbocycles. The summed E-state index contributed by atoms with van der Waals surface area (Å²) in [5.41, 5.74) is -5.56. The van der Waals surface area contributed by atoms with Crippen molar-refractivity contribution in [3.8, 4) is 5.69 Å². The number of rotatable bonds is 5. The van der Waals surface area contributed by atoms with Crippen molar-refractivity contribution < 1.29 is 31.6 Å². The van der Waals surface area contributed by atoms with Gasteiger partial charge in [-0.05, 0) is 26.0 Å². The summed E-state index contributed by atoms with van der Waals surface area (Å²) in [5, 5.41) is -0.137. The van der Waals surface area contributed by atoms with Crippen molar-refractivity contribution in [3.05, 3.63) is 61.3 Å². The van der Waals surface area contributed by atoms with Crippen LogP contribution in [0.4, 0.5) is 17.6 Å². The molecular weight excluding hydrogens is 472 g/mol. The first-order chi connectivity index (χ1) is 15.2. The van der Waals surface area contributed by atoms with E-state index in [1.54, 1.807) is 0 Å². The third kappa shape index (κ3) is 4.12. The molecule has 33 heavy (non-hydrogen) atoms. The minimum Gasteiger partial charge on any atom is -0.458 e. The second kappa shape index (κ2) is 8.29. The van der Waals surface area contributed by atoms with E-state index in [1.807, 2.05) is 0 Å². The first kappa shape index (κ1) is 24.4. The van der Waals surface area contributed by atoms with Gasteiger partial charge in [-0.2, -0.15) is 13.2 Å². The SMILES string of the molecule is CC(=O)C(C(C)=O)C(C)c1cc2c(Cl)cc(F)c(-n3c(=O)cc(C(F)(F)F)n(C)c3=O)c2o1. The Bertz CT molecular complexity index is 1400. The first-order valence-corrected chi connectivity index (χ1v) is 9.87. The highest BCUT2D eigenvalue weighted by atomic mass is 35.5. The third-order valence-electron chi connectivity index (χ3n) is 5.36. The Kier molecular flexibility index (Phi) is 6.14. The lowest BCUT2D eigenvalue weighted by Gasteiger charge is -2.16. The molecule has 0 aliphatic rings. The van der Waals surface area contributed by atoms with Crippen LogP contribution in [0.5, 0.6) is 0 Å². The molecule has 1 atom stereocenters. The zero-order chi connectivity index (χ0) is 25.0. The van der Waals surface area contributed by atoms with Crippen LogP contribution in [0.2, 0.25) is 5.02 Å². The number of fused-ring (bicyclic) bond motifs is 1. The van der Waals surface area contributed by atoms with Gasteiger partial charge in [-0.15, -0.1) is 0 Å². The van der Waals surface area contributed by atoms with Crippen molar-refractivity contribution in [2.75, 3.05) is 0 Å². The van der Waals surface area contributed by atoms with Gasteiger partial charge in [-0.25, -0.2) is 13.8 Å². The van der Waals surface area contributed by atoms with Crippen molar-refractivity contribution in [3.63, 3.8) is 0 Å². The van der Waals surface area contributed by atoms with Gasteiger partial charge in [0.25, 0.3) is 5.56 Å². The number of hydrogen-bond donors (Lipinski definition) is 0. The molecule has 0 saturated heterocycles. The van der Waals surface area contributed by atoms with Gasteiger partial charge in [-0.3, -0.25) is 19.0 Å². The van der Waals surface area contributed by atoms with E-state index >= 15 is 0 Å². The Hall–Kier alpha value is -3.21. The van der Waals surface area contributed by atoms with E-state index in [0.29, 0.717) is 0 Å². The summed E-state index contributed by atoms with van der Waals surface area (Å²) in [6.07, 6.45) is -5.00. The fraction of sp³-hybridized carbons (Fsp3) is 0.333. The van der Waals surface area contributed by atoms with E-state index in [-0.39, 0.29) is 31.4 Å². The van der Waals surface area contributed by atoms with Crippen LogP contribution < -0.4 is 11.2 Å². The molecule has 12 heteroatoms. The predicted octanol–water partition coefficient (Wildman–Crippen LogP) is 3.99. The van der Waals surface area contributed by atoms with Crippen molar-refractivity contribution in [1.82, 2.24) is 9.13 Å². The van der Waals surface area contributed by atoms with Crippen molar-refractivity contribution >= 4 is 34.1 Å². The fourth-order valence-corrected chi connectivity index (χ4v) is 4.06. The summed E-state index contributed by atoms with van der Waals surface area (Å²) < 4.78 is 60.4. The molecule has 7 nitrogen and oxygen atoms in total. The normalized spacial score (nSPS) is 13.0. The largest absolute Gasteiger partial charge is 0.458 e. The Morgan fingerprint density at radius 2 is 1.67 bits per heavy atom. The molecule has 0 spiro atoms. The predicted molar refractivity (Wildman–Crippen MR) is 110 cm³/mol. The van der Waals surface area contributed by atoms with E-state index in [1.165, 1.54) is 26.8 Å². The molecular formula is C21H17ClF4N2O5. The molecule has 0 aliphatic carbocycles. The summed E-state index contributed by atoms with van der Waals surface area (Å²) in [6, 6.07) is 2.26. The van der Waals surface area contributed by atoms with Crippen LogP contribution in [0.25, 0.3) is 16.7 Å². The highest BCUT2D eigenvalue weighted by Gasteiger charge is 2.36. The van der Waals surface area contributed by atoms with Crippen LogP contribution in [0.15, 0.2) is 32.2 Å². The Morgan fingerprint density at radius 1 is 1.09 bits per heavy atom. The molecule has 0 saturated carbocycles. The van der Waals surface area contributed by atoms with Gasteiger partial charge in [0.15, 0.2) is 11.4 Å². The molecule has 2 aromatic heterocycles. The average molecular weight is 489 g/mol. The number of benzene rings is 1. The van der Waals surface area contributed by atoms with Crippen LogP contribution >= 0.6 is 11.6 Å². The molecule has 0 amide bonds. The zero-order valence-corrected chi connectivity index (χ0v) is 18.5. The van der Waals surface area contributed by atoms with E-state index in [0.717, 1.165) is 13.1 Å². The number of furan rings is 1. The first-order valence-electron chi connectivity index (χ1n) is 9.49. The maximum Gasteiger partial charge on any atom is 0.431 e. The maximum atomic E-state index is 14.9. The Morgan fingerprint density at radius 3 is 2.18 bits per heavy atom. The molecule has 0 radical (unpaired) electrons. The van der Waals surface area contributed by atoms with Gasteiger partial charge < -0.3 is 4.42 Å². The number of aromatic nitrogens is 2. The van der Waals surface area contributed by atoms with Gasteiger partial charge in [-0.1, -0.05) is 18.5 Å². The molecule has 0 bridgehead atoms. The number of alkyl halides is 3. The maximum absolute atomic E-state index is 14.9. The van der Waals surface area contributed by atoms with Gasteiger partial charge in [0.1, 0.15) is 28.7 Å². The third-order valence-corrected chi connectivity index (χ3v) is 5.67. The second-order valence-corrected chi connectivity index (χ2v) is 8.02. The molecule has 0 fully saturated rings. The number of hydrogen-bond acceptors (Lipinski definition) is 5. The van der Waals surface area contributed by atoms with Crippen molar-refractivity contribution in [1.29, 1.82) is 0 Å².